The number of benzene rings is 1. The largest absolute Gasteiger partial charge is 0.324 e. The van der Waals surface area contributed by atoms with Gasteiger partial charge in [0.1, 0.15) is 0 Å². The highest BCUT2D eigenvalue weighted by Crippen LogP contribution is 2.38. The molecule has 6 heteroatoms. The minimum atomic E-state index is -0.430. The number of rotatable bonds is 3. The summed E-state index contributed by atoms with van der Waals surface area (Å²) in [5.41, 5.74) is 1.40. The van der Waals surface area contributed by atoms with E-state index in [0.29, 0.717) is 23.1 Å². The zero-order valence-corrected chi connectivity index (χ0v) is 12.0. The minimum Gasteiger partial charge on any atom is -0.324 e. The highest BCUT2D eigenvalue weighted by molar-refractivity contribution is 5.96. The van der Waals surface area contributed by atoms with E-state index in [2.05, 4.69) is 10.6 Å². The fourth-order valence-electron chi connectivity index (χ4n) is 3.59. The topological polar surface area (TPSA) is 84.3 Å². The number of carbonyl (C=O) groups is 1. The van der Waals surface area contributed by atoms with Crippen LogP contribution in [0.3, 0.4) is 0 Å². The van der Waals surface area contributed by atoms with Gasteiger partial charge < -0.3 is 10.6 Å². The van der Waals surface area contributed by atoms with E-state index in [1.165, 1.54) is 25.0 Å². The van der Waals surface area contributed by atoms with Gasteiger partial charge in [0.2, 0.25) is 5.91 Å². The first-order valence-corrected chi connectivity index (χ1v) is 7.35. The molecule has 6 nitrogen and oxygen atoms in total. The van der Waals surface area contributed by atoms with Crippen LogP contribution in [-0.2, 0) is 4.79 Å². The molecule has 0 spiro atoms. The van der Waals surface area contributed by atoms with Gasteiger partial charge >= 0.3 is 0 Å². The standard InChI is InChI=1S/C15H19N3O3/c1-9-7-11(18(20)21)5-6-13(9)17-15(19)14-12-4-2-3-10(12)8-16-14/h5-7,10,12,14,16H,2-4,8H2,1H3,(H,17,19). The van der Waals surface area contributed by atoms with E-state index in [-0.39, 0.29) is 17.6 Å². The average Bonchev–Trinajstić information content (AvgIpc) is 3.03. The van der Waals surface area contributed by atoms with Gasteiger partial charge in [0.05, 0.1) is 11.0 Å². The Morgan fingerprint density at radius 3 is 2.95 bits per heavy atom. The van der Waals surface area contributed by atoms with Crippen molar-refractivity contribution in [3.05, 3.63) is 33.9 Å². The predicted octanol–water partition coefficient (Wildman–Crippen LogP) is 2.23. The number of aryl methyl sites for hydroxylation is 1. The van der Waals surface area contributed by atoms with Gasteiger partial charge in [0.15, 0.2) is 0 Å². The van der Waals surface area contributed by atoms with E-state index in [9.17, 15) is 14.9 Å². The lowest BCUT2D eigenvalue weighted by atomic mass is 9.93. The summed E-state index contributed by atoms with van der Waals surface area (Å²) < 4.78 is 0. The van der Waals surface area contributed by atoms with Crippen LogP contribution in [0.25, 0.3) is 0 Å². The molecule has 2 aliphatic rings. The molecular weight excluding hydrogens is 270 g/mol. The molecule has 21 heavy (non-hydrogen) atoms. The first-order valence-electron chi connectivity index (χ1n) is 7.35. The van der Waals surface area contributed by atoms with Crippen molar-refractivity contribution < 1.29 is 9.72 Å². The second-order valence-electron chi connectivity index (χ2n) is 5.99. The SMILES string of the molecule is Cc1cc([N+](=O)[O-])ccc1NC(=O)C1NCC2CCCC21. The third-order valence-electron chi connectivity index (χ3n) is 4.71. The van der Waals surface area contributed by atoms with Crippen LogP contribution < -0.4 is 10.6 Å². The van der Waals surface area contributed by atoms with Crippen LogP contribution in [0.5, 0.6) is 0 Å². The third kappa shape index (κ3) is 2.63. The number of carbonyl (C=O) groups excluding carboxylic acids is 1. The van der Waals surface area contributed by atoms with Gasteiger partial charge in [-0.3, -0.25) is 14.9 Å². The van der Waals surface area contributed by atoms with Crippen LogP contribution in [0, 0.1) is 28.9 Å². The monoisotopic (exact) mass is 289 g/mol. The lowest BCUT2D eigenvalue weighted by Crippen LogP contribution is -2.39. The van der Waals surface area contributed by atoms with Gasteiger partial charge in [-0.05, 0) is 49.8 Å². The smallest absolute Gasteiger partial charge is 0.269 e. The van der Waals surface area contributed by atoms with Crippen molar-refractivity contribution in [3.63, 3.8) is 0 Å². The Labute approximate surface area is 123 Å². The number of amides is 1. The predicted molar refractivity (Wildman–Crippen MR) is 79.1 cm³/mol. The van der Waals surface area contributed by atoms with Crippen LogP contribution in [0.4, 0.5) is 11.4 Å². The van der Waals surface area contributed by atoms with Gasteiger partial charge in [-0.15, -0.1) is 0 Å². The molecule has 1 saturated heterocycles. The Morgan fingerprint density at radius 2 is 2.24 bits per heavy atom. The van der Waals surface area contributed by atoms with Crippen molar-refractivity contribution in [2.75, 3.05) is 11.9 Å². The molecule has 3 atom stereocenters. The lowest BCUT2D eigenvalue weighted by Gasteiger charge is -2.18. The summed E-state index contributed by atoms with van der Waals surface area (Å²) in [5.74, 6) is 1.03. The molecule has 0 aromatic heterocycles. The maximum Gasteiger partial charge on any atom is 0.269 e. The Balaban J connectivity index is 1.71. The molecule has 1 saturated carbocycles. The second kappa shape index (κ2) is 5.44. The molecule has 1 aromatic carbocycles. The molecular formula is C15H19N3O3. The summed E-state index contributed by atoms with van der Waals surface area (Å²) in [7, 11) is 0. The Hall–Kier alpha value is -1.95. The Kier molecular flexibility index (Phi) is 3.63. The normalized spacial score (nSPS) is 27.4. The molecule has 1 aliphatic heterocycles. The van der Waals surface area contributed by atoms with Crippen LogP contribution in [0.2, 0.25) is 0 Å². The van der Waals surface area contributed by atoms with Crippen LogP contribution in [-0.4, -0.2) is 23.4 Å². The molecule has 3 unspecified atom stereocenters. The van der Waals surface area contributed by atoms with Crippen LogP contribution >= 0.6 is 0 Å². The van der Waals surface area contributed by atoms with E-state index in [4.69, 9.17) is 0 Å². The summed E-state index contributed by atoms with van der Waals surface area (Å²) in [5, 5.41) is 16.9. The quantitative estimate of drug-likeness (QED) is 0.660. The molecule has 2 N–H and O–H groups in total. The fourth-order valence-corrected chi connectivity index (χ4v) is 3.59. The maximum atomic E-state index is 12.4. The van der Waals surface area contributed by atoms with Gasteiger partial charge in [-0.2, -0.15) is 0 Å². The first-order chi connectivity index (χ1) is 10.1. The molecule has 2 fully saturated rings. The number of nitrogens with one attached hydrogen (secondary N) is 2. The zero-order valence-electron chi connectivity index (χ0n) is 12.0. The maximum absolute atomic E-state index is 12.4. The summed E-state index contributed by atoms with van der Waals surface area (Å²) in [6.07, 6.45) is 3.52. The molecule has 0 bridgehead atoms. The van der Waals surface area contributed by atoms with Crippen molar-refractivity contribution in [3.8, 4) is 0 Å². The van der Waals surface area contributed by atoms with E-state index in [1.807, 2.05) is 0 Å². The molecule has 1 aromatic rings. The van der Waals surface area contributed by atoms with E-state index in [1.54, 1.807) is 13.0 Å². The lowest BCUT2D eigenvalue weighted by molar-refractivity contribution is -0.384. The molecule has 1 heterocycles. The van der Waals surface area contributed by atoms with Crippen molar-refractivity contribution in [2.24, 2.45) is 11.8 Å². The van der Waals surface area contributed by atoms with E-state index < -0.39 is 4.92 Å². The Bertz CT molecular complexity index is 588. The summed E-state index contributed by atoms with van der Waals surface area (Å²) in [6, 6.07) is 4.37. The molecule has 112 valence electrons. The van der Waals surface area contributed by atoms with Crippen molar-refractivity contribution >= 4 is 17.3 Å². The molecule has 0 radical (unpaired) electrons. The average molecular weight is 289 g/mol. The van der Waals surface area contributed by atoms with Crippen molar-refractivity contribution in [1.82, 2.24) is 5.32 Å². The van der Waals surface area contributed by atoms with Crippen molar-refractivity contribution in [2.45, 2.75) is 32.2 Å². The highest BCUT2D eigenvalue weighted by atomic mass is 16.6. The number of hydrogen-bond acceptors (Lipinski definition) is 4. The van der Waals surface area contributed by atoms with E-state index >= 15 is 0 Å². The summed E-state index contributed by atoms with van der Waals surface area (Å²) in [4.78, 5) is 22.7. The summed E-state index contributed by atoms with van der Waals surface area (Å²) in [6.45, 7) is 2.69. The summed E-state index contributed by atoms with van der Waals surface area (Å²) >= 11 is 0. The molecule has 1 aliphatic carbocycles. The number of anilines is 1. The van der Waals surface area contributed by atoms with E-state index in [0.717, 1.165) is 13.0 Å². The number of nitro benzene ring substituents is 1. The number of nitrogens with zero attached hydrogens (tertiary/aromatic N) is 1. The molecule has 1 amide bonds. The molecule has 3 rings (SSSR count). The van der Waals surface area contributed by atoms with Gasteiger partial charge in [0.25, 0.3) is 5.69 Å². The van der Waals surface area contributed by atoms with Gasteiger partial charge in [-0.1, -0.05) is 6.42 Å². The Morgan fingerprint density at radius 1 is 1.43 bits per heavy atom. The first kappa shape index (κ1) is 14.0. The minimum absolute atomic E-state index is 0.0265. The number of fused-ring (bicyclic) bond motifs is 1. The van der Waals surface area contributed by atoms with Crippen LogP contribution in [0.1, 0.15) is 24.8 Å². The highest BCUT2D eigenvalue weighted by Gasteiger charge is 2.42. The number of nitro groups is 1. The number of hydrogen-bond donors (Lipinski definition) is 2. The van der Waals surface area contributed by atoms with Gasteiger partial charge in [-0.25, -0.2) is 0 Å². The fraction of sp³-hybridized carbons (Fsp3) is 0.533. The van der Waals surface area contributed by atoms with Crippen molar-refractivity contribution in [1.29, 1.82) is 0 Å². The zero-order chi connectivity index (χ0) is 15.0. The third-order valence-corrected chi connectivity index (χ3v) is 4.71. The number of non-ortho nitro benzene ring substituents is 1. The second-order valence-corrected chi connectivity index (χ2v) is 5.99. The van der Waals surface area contributed by atoms with Gasteiger partial charge in [0, 0.05) is 17.8 Å². The van der Waals surface area contributed by atoms with Crippen LogP contribution in [0.15, 0.2) is 18.2 Å².